The summed E-state index contributed by atoms with van der Waals surface area (Å²) in [5, 5.41) is -0.0526. The number of halogens is 1. The lowest BCUT2D eigenvalue weighted by molar-refractivity contribution is -0.112. The molecule has 0 aliphatic rings. The number of thiol groups is 1. The summed E-state index contributed by atoms with van der Waals surface area (Å²) in [6.45, 7) is 8.08. The molecule has 0 unspecified atom stereocenters. The number of nitrogens with one attached hydrogen (secondary N) is 1. The Morgan fingerprint density at radius 1 is 1.11 bits per heavy atom. The molecule has 0 aromatic rings. The van der Waals surface area contributed by atoms with Crippen LogP contribution in [0.25, 0.3) is 0 Å². The quantitative estimate of drug-likeness (QED) is 0.213. The summed E-state index contributed by atoms with van der Waals surface area (Å²) in [4.78, 5) is 13.7. The van der Waals surface area contributed by atoms with E-state index in [9.17, 15) is 4.79 Å². The van der Waals surface area contributed by atoms with E-state index in [1.54, 1.807) is 0 Å². The van der Waals surface area contributed by atoms with Crippen LogP contribution in [0.4, 0.5) is 0 Å². The zero-order chi connectivity index (χ0) is 14.5. The number of hydrogen-bond donors (Lipinski definition) is 2. The van der Waals surface area contributed by atoms with Gasteiger partial charge in [0.25, 0.3) is 0 Å². The molecule has 0 aromatic carbocycles. The van der Waals surface area contributed by atoms with Gasteiger partial charge in [-0.25, -0.2) is 3.53 Å². The molecule has 0 bridgehead atoms. The van der Waals surface area contributed by atoms with Gasteiger partial charge in [0.15, 0.2) is 0 Å². The highest BCUT2D eigenvalue weighted by molar-refractivity contribution is 14.1. The van der Waals surface area contributed by atoms with E-state index in [-0.39, 0.29) is 11.2 Å². The summed E-state index contributed by atoms with van der Waals surface area (Å²) < 4.78 is 2.99. The number of rotatable bonds is 13. The molecule has 0 spiro atoms. The zero-order valence-corrected chi connectivity index (χ0v) is 15.4. The summed E-state index contributed by atoms with van der Waals surface area (Å²) in [5.74, 6) is 0. The van der Waals surface area contributed by atoms with Gasteiger partial charge in [-0.05, 0) is 45.3 Å². The van der Waals surface area contributed by atoms with Gasteiger partial charge in [0, 0.05) is 22.9 Å². The van der Waals surface area contributed by atoms with Crippen LogP contribution in [-0.2, 0) is 4.79 Å². The van der Waals surface area contributed by atoms with Crippen molar-refractivity contribution in [2.45, 2.75) is 64.8 Å². The van der Waals surface area contributed by atoms with Crippen molar-refractivity contribution in [3.05, 3.63) is 0 Å². The van der Waals surface area contributed by atoms with E-state index in [4.69, 9.17) is 0 Å². The third-order valence-corrected chi connectivity index (χ3v) is 4.37. The fraction of sp³-hybridized carbons (Fsp3) is 0.929. The van der Waals surface area contributed by atoms with Crippen LogP contribution in [0.1, 0.15) is 58.8 Å². The number of carbonyl (C=O) groups is 1. The molecular formula is C14H29IN2OS. The van der Waals surface area contributed by atoms with Crippen molar-refractivity contribution in [2.75, 3.05) is 19.6 Å². The fourth-order valence-corrected chi connectivity index (χ4v) is 3.04. The van der Waals surface area contributed by atoms with Gasteiger partial charge in [-0.15, -0.1) is 12.6 Å². The molecule has 5 heteroatoms. The molecule has 1 N–H and O–H groups in total. The van der Waals surface area contributed by atoms with Crippen molar-refractivity contribution >= 4 is 40.6 Å². The topological polar surface area (TPSA) is 32.3 Å². The minimum atomic E-state index is -0.0938. The van der Waals surface area contributed by atoms with Crippen LogP contribution in [0, 0.1) is 0 Å². The molecule has 0 heterocycles. The van der Waals surface area contributed by atoms with E-state index in [0.717, 1.165) is 19.4 Å². The van der Waals surface area contributed by atoms with Gasteiger partial charge in [0.1, 0.15) is 0 Å². The van der Waals surface area contributed by atoms with Crippen molar-refractivity contribution in [1.82, 2.24) is 8.43 Å². The molecule has 3 nitrogen and oxygen atoms in total. The van der Waals surface area contributed by atoms with Crippen LogP contribution in [0.3, 0.4) is 0 Å². The molecule has 0 aliphatic carbocycles. The molecule has 114 valence electrons. The van der Waals surface area contributed by atoms with Crippen molar-refractivity contribution in [2.24, 2.45) is 0 Å². The Morgan fingerprint density at radius 3 is 2.05 bits per heavy atom. The predicted molar refractivity (Wildman–Crippen MR) is 95.0 cm³/mol. The first-order chi connectivity index (χ1) is 9.15. The maximum absolute atomic E-state index is 11.2. The average Bonchev–Trinajstić information content (AvgIpc) is 2.40. The summed E-state index contributed by atoms with van der Waals surface area (Å²) in [7, 11) is 0. The van der Waals surface area contributed by atoms with E-state index >= 15 is 0 Å². The molecule has 0 fully saturated rings. The molecule has 0 aliphatic heterocycles. The van der Waals surface area contributed by atoms with Crippen LogP contribution in [0.2, 0.25) is 0 Å². The SMILES string of the molecule is CCCCN(CCCC)CCCC[C@H](NI)C(=O)S. The summed E-state index contributed by atoms with van der Waals surface area (Å²) in [6, 6.07) is -0.0938. The van der Waals surface area contributed by atoms with Gasteiger partial charge in [0.05, 0.1) is 6.04 Å². The summed E-state index contributed by atoms with van der Waals surface area (Å²) in [6.07, 6.45) is 8.24. The Balaban J connectivity index is 3.80. The first kappa shape index (κ1) is 19.7. The predicted octanol–water partition coefficient (Wildman–Crippen LogP) is 3.82. The molecule has 0 aromatic heterocycles. The number of carbonyl (C=O) groups excluding carboxylic acids is 1. The molecule has 1 atom stereocenters. The Labute approximate surface area is 138 Å². The maximum atomic E-state index is 11.2. The van der Waals surface area contributed by atoms with Gasteiger partial charge in [-0.2, -0.15) is 0 Å². The van der Waals surface area contributed by atoms with Crippen LogP contribution in [0.15, 0.2) is 0 Å². The molecule has 0 saturated heterocycles. The lowest BCUT2D eigenvalue weighted by atomic mass is 10.1. The van der Waals surface area contributed by atoms with Crippen molar-refractivity contribution in [3.8, 4) is 0 Å². The van der Waals surface area contributed by atoms with Gasteiger partial charge < -0.3 is 4.90 Å². The van der Waals surface area contributed by atoms with Crippen LogP contribution in [-0.4, -0.2) is 35.7 Å². The first-order valence-electron chi connectivity index (χ1n) is 7.47. The lowest BCUT2D eigenvalue weighted by Gasteiger charge is -2.22. The van der Waals surface area contributed by atoms with Gasteiger partial charge in [-0.1, -0.05) is 33.1 Å². The second-order valence-corrected chi connectivity index (χ2v) is 6.11. The number of unbranched alkanes of at least 4 members (excludes halogenated alkanes) is 3. The summed E-state index contributed by atoms with van der Waals surface area (Å²) >= 11 is 5.93. The second kappa shape index (κ2) is 13.6. The highest BCUT2D eigenvalue weighted by atomic mass is 127. The summed E-state index contributed by atoms with van der Waals surface area (Å²) in [5.41, 5.74) is 0. The third kappa shape index (κ3) is 11.0. The van der Waals surface area contributed by atoms with Crippen molar-refractivity contribution in [1.29, 1.82) is 0 Å². The highest BCUT2D eigenvalue weighted by Crippen LogP contribution is 2.08. The molecule has 19 heavy (non-hydrogen) atoms. The van der Waals surface area contributed by atoms with Gasteiger partial charge in [-0.3, -0.25) is 4.79 Å². The minimum Gasteiger partial charge on any atom is -0.303 e. The number of nitrogens with zero attached hydrogens (tertiary/aromatic N) is 1. The third-order valence-electron chi connectivity index (χ3n) is 3.30. The lowest BCUT2D eigenvalue weighted by Crippen LogP contribution is -2.29. The van der Waals surface area contributed by atoms with E-state index < -0.39 is 0 Å². The monoisotopic (exact) mass is 400 g/mol. The van der Waals surface area contributed by atoms with Crippen molar-refractivity contribution in [3.63, 3.8) is 0 Å². The van der Waals surface area contributed by atoms with E-state index in [1.165, 1.54) is 45.2 Å². The van der Waals surface area contributed by atoms with E-state index in [2.05, 4.69) is 34.9 Å². The van der Waals surface area contributed by atoms with Crippen LogP contribution >= 0.6 is 35.5 Å². The maximum Gasteiger partial charge on any atom is 0.203 e. The first-order valence-corrected chi connectivity index (χ1v) is 8.99. The Kier molecular flexibility index (Phi) is 14.1. The highest BCUT2D eigenvalue weighted by Gasteiger charge is 2.12. The Morgan fingerprint density at radius 2 is 1.63 bits per heavy atom. The molecule has 0 saturated carbocycles. The Hall–Kier alpha value is 0.670. The van der Waals surface area contributed by atoms with Crippen LogP contribution in [0.5, 0.6) is 0 Å². The standard InChI is InChI=1S/C14H29IN2OS/c1-3-5-10-17(11-6-4-2)12-8-7-9-13(16-15)14(18)19/h13,16H,3-12H2,1-2H3,(H,18,19)/t13-/m0/s1. The van der Waals surface area contributed by atoms with Crippen molar-refractivity contribution < 1.29 is 4.79 Å². The average molecular weight is 400 g/mol. The smallest absolute Gasteiger partial charge is 0.203 e. The molecule has 0 rings (SSSR count). The van der Waals surface area contributed by atoms with Crippen LogP contribution < -0.4 is 3.53 Å². The molecule has 0 amide bonds. The van der Waals surface area contributed by atoms with E-state index in [0.29, 0.717) is 0 Å². The van der Waals surface area contributed by atoms with E-state index in [1.807, 2.05) is 22.9 Å². The fourth-order valence-electron chi connectivity index (χ4n) is 2.01. The second-order valence-electron chi connectivity index (χ2n) is 5.04. The minimum absolute atomic E-state index is 0.0526. The zero-order valence-electron chi connectivity index (χ0n) is 12.3. The molecular weight excluding hydrogens is 371 g/mol. The largest absolute Gasteiger partial charge is 0.303 e. The van der Waals surface area contributed by atoms with Gasteiger partial charge in [0.2, 0.25) is 5.12 Å². The van der Waals surface area contributed by atoms with Gasteiger partial charge >= 0.3 is 0 Å². The Bertz CT molecular complexity index is 221. The molecule has 0 radical (unpaired) electrons. The normalized spacial score (nSPS) is 12.9. The number of hydrogen-bond acceptors (Lipinski definition) is 3.